The van der Waals surface area contributed by atoms with Crippen molar-refractivity contribution in [2.24, 2.45) is 0 Å². The highest BCUT2D eigenvalue weighted by Crippen LogP contribution is 2.58. The summed E-state index contributed by atoms with van der Waals surface area (Å²) in [6.45, 7) is 0. The Balaban J connectivity index is 1.04. The predicted molar refractivity (Wildman–Crippen MR) is 297 cm³/mol. The van der Waals surface area contributed by atoms with Crippen molar-refractivity contribution in [3.8, 4) is 44.5 Å². The third-order valence-corrected chi connectivity index (χ3v) is 14.9. The number of fused-ring (bicyclic) bond motifs is 9. The summed E-state index contributed by atoms with van der Waals surface area (Å²) in [5, 5.41) is 7.20. The second kappa shape index (κ2) is 16.5. The maximum absolute atomic E-state index is 6.58. The smallest absolute Gasteiger partial charge is 0.143 e. The first-order valence-corrected chi connectivity index (χ1v) is 24.5. The van der Waals surface area contributed by atoms with Crippen molar-refractivity contribution in [1.82, 2.24) is 0 Å². The fourth-order valence-corrected chi connectivity index (χ4v) is 11.8. The van der Waals surface area contributed by atoms with Crippen LogP contribution in [0, 0.1) is 0 Å². The van der Waals surface area contributed by atoms with E-state index in [9.17, 15) is 0 Å². The summed E-state index contributed by atoms with van der Waals surface area (Å²) in [5.41, 5.74) is 18.7. The number of para-hydroxylation sites is 2. The molecule has 2 heteroatoms. The molecule has 0 atom stereocenters. The molecular formula is C69H45NO. The van der Waals surface area contributed by atoms with Crippen LogP contribution in [0.4, 0.5) is 17.1 Å². The second-order valence-corrected chi connectivity index (χ2v) is 18.7. The Labute approximate surface area is 413 Å². The average molecular weight is 904 g/mol. The molecule has 1 aliphatic carbocycles. The highest BCUT2D eigenvalue weighted by atomic mass is 16.3. The quantitative estimate of drug-likeness (QED) is 0.141. The Bertz CT molecular complexity index is 4110. The first kappa shape index (κ1) is 40.8. The van der Waals surface area contributed by atoms with Gasteiger partial charge in [0.1, 0.15) is 11.2 Å². The summed E-state index contributed by atoms with van der Waals surface area (Å²) >= 11 is 0. The van der Waals surface area contributed by atoms with Crippen LogP contribution >= 0.6 is 0 Å². The molecular weight excluding hydrogens is 859 g/mol. The van der Waals surface area contributed by atoms with Gasteiger partial charge in [0.15, 0.2) is 0 Å². The molecule has 0 bridgehead atoms. The Kier molecular flexibility index (Phi) is 9.47. The number of furan rings is 1. The van der Waals surface area contributed by atoms with Gasteiger partial charge in [-0.1, -0.05) is 231 Å². The lowest BCUT2D eigenvalue weighted by molar-refractivity contribution is 0.670. The topological polar surface area (TPSA) is 16.4 Å². The van der Waals surface area contributed by atoms with Crippen LogP contribution in [0.1, 0.15) is 22.3 Å². The van der Waals surface area contributed by atoms with Gasteiger partial charge in [-0.25, -0.2) is 0 Å². The molecule has 1 aliphatic rings. The summed E-state index contributed by atoms with van der Waals surface area (Å²) in [7, 11) is 0. The number of hydrogen-bond acceptors (Lipinski definition) is 2. The minimum atomic E-state index is -0.570. The molecule has 1 heterocycles. The zero-order chi connectivity index (χ0) is 46.9. The Morgan fingerprint density at radius 1 is 0.296 bits per heavy atom. The third-order valence-electron chi connectivity index (χ3n) is 14.9. The van der Waals surface area contributed by atoms with Gasteiger partial charge in [-0.05, 0) is 120 Å². The van der Waals surface area contributed by atoms with E-state index in [1.165, 1.54) is 60.5 Å². The van der Waals surface area contributed by atoms with Gasteiger partial charge in [-0.15, -0.1) is 0 Å². The first-order valence-electron chi connectivity index (χ1n) is 24.5. The molecule has 0 unspecified atom stereocenters. The Morgan fingerprint density at radius 2 is 0.845 bits per heavy atom. The third kappa shape index (κ3) is 6.42. The molecule has 12 aromatic carbocycles. The summed E-state index contributed by atoms with van der Waals surface area (Å²) in [5.74, 6) is 0. The van der Waals surface area contributed by atoms with Gasteiger partial charge in [0.25, 0.3) is 0 Å². The molecule has 1 aromatic heterocycles. The predicted octanol–water partition coefficient (Wildman–Crippen LogP) is 18.7. The van der Waals surface area contributed by atoms with Crippen LogP contribution in [-0.4, -0.2) is 0 Å². The fraction of sp³-hybridized carbons (Fsp3) is 0.0145. The molecule has 0 amide bonds. The van der Waals surface area contributed by atoms with E-state index in [-0.39, 0.29) is 0 Å². The largest absolute Gasteiger partial charge is 0.455 e. The van der Waals surface area contributed by atoms with E-state index in [1.54, 1.807) is 0 Å². The lowest BCUT2D eigenvalue weighted by Gasteiger charge is -2.35. The van der Waals surface area contributed by atoms with Crippen molar-refractivity contribution < 1.29 is 4.42 Å². The normalized spacial score (nSPS) is 12.6. The van der Waals surface area contributed by atoms with Crippen LogP contribution in [0.25, 0.3) is 88.0 Å². The van der Waals surface area contributed by atoms with Gasteiger partial charge in [0.2, 0.25) is 0 Å². The van der Waals surface area contributed by atoms with Gasteiger partial charge in [-0.2, -0.15) is 0 Å². The van der Waals surface area contributed by atoms with E-state index in [1.807, 2.05) is 6.07 Å². The van der Waals surface area contributed by atoms with Crippen molar-refractivity contribution in [2.75, 3.05) is 4.90 Å². The lowest BCUT2D eigenvalue weighted by Crippen LogP contribution is -2.28. The Morgan fingerprint density at radius 3 is 1.62 bits per heavy atom. The van der Waals surface area contributed by atoms with Crippen LogP contribution in [0.2, 0.25) is 0 Å². The fourth-order valence-electron chi connectivity index (χ4n) is 11.8. The van der Waals surface area contributed by atoms with Crippen LogP contribution in [-0.2, 0) is 5.41 Å². The highest BCUT2D eigenvalue weighted by Gasteiger charge is 2.46. The maximum atomic E-state index is 6.58. The maximum Gasteiger partial charge on any atom is 0.143 e. The molecule has 71 heavy (non-hydrogen) atoms. The Hall–Kier alpha value is -9.24. The van der Waals surface area contributed by atoms with Crippen molar-refractivity contribution in [3.63, 3.8) is 0 Å². The molecule has 2 nitrogen and oxygen atoms in total. The number of benzene rings is 12. The van der Waals surface area contributed by atoms with Gasteiger partial charge in [0.05, 0.1) is 11.1 Å². The van der Waals surface area contributed by atoms with Crippen LogP contribution in [0.3, 0.4) is 0 Å². The van der Waals surface area contributed by atoms with Crippen LogP contribution in [0.15, 0.2) is 277 Å². The molecule has 0 fully saturated rings. The molecule has 0 N–H and O–H groups in total. The summed E-state index contributed by atoms with van der Waals surface area (Å²) in [6, 6.07) is 100. The van der Waals surface area contributed by atoms with Crippen molar-refractivity contribution in [3.05, 3.63) is 295 Å². The minimum absolute atomic E-state index is 0.570. The first-order chi connectivity index (χ1) is 35.2. The zero-order valence-electron chi connectivity index (χ0n) is 38.8. The number of hydrogen-bond donors (Lipinski definition) is 0. The second-order valence-electron chi connectivity index (χ2n) is 18.7. The lowest BCUT2D eigenvalue weighted by atomic mass is 9.67. The summed E-state index contributed by atoms with van der Waals surface area (Å²) < 4.78 is 6.58. The molecule has 13 aromatic rings. The van der Waals surface area contributed by atoms with E-state index in [4.69, 9.17) is 4.42 Å². The van der Waals surface area contributed by atoms with E-state index >= 15 is 0 Å². The minimum Gasteiger partial charge on any atom is -0.455 e. The van der Waals surface area contributed by atoms with Gasteiger partial charge in [0, 0.05) is 33.3 Å². The van der Waals surface area contributed by atoms with E-state index < -0.39 is 5.41 Å². The van der Waals surface area contributed by atoms with Gasteiger partial charge >= 0.3 is 0 Å². The molecule has 332 valence electrons. The van der Waals surface area contributed by atoms with Gasteiger partial charge in [-0.3, -0.25) is 0 Å². The van der Waals surface area contributed by atoms with Gasteiger partial charge < -0.3 is 9.32 Å². The van der Waals surface area contributed by atoms with E-state index in [2.05, 4.69) is 272 Å². The number of rotatable bonds is 8. The van der Waals surface area contributed by atoms with Crippen molar-refractivity contribution in [1.29, 1.82) is 0 Å². The monoisotopic (exact) mass is 903 g/mol. The van der Waals surface area contributed by atoms with Crippen LogP contribution < -0.4 is 4.90 Å². The van der Waals surface area contributed by atoms with E-state index in [0.717, 1.165) is 66.8 Å². The average Bonchev–Trinajstić information content (AvgIpc) is 3.98. The number of anilines is 3. The summed E-state index contributed by atoms with van der Waals surface area (Å²) in [4.78, 5) is 2.49. The zero-order valence-corrected chi connectivity index (χ0v) is 38.8. The molecule has 0 spiro atoms. The molecule has 0 saturated carbocycles. The van der Waals surface area contributed by atoms with E-state index in [0.29, 0.717) is 0 Å². The standard InChI is InChI=1S/C69H45NO/c1-4-19-46(20-5-1)55-41-37-49(63-43-48-21-10-11-26-54(48)57-27-12-13-28-58(57)63)44-66(55)70(52-38-35-47(36-39-52)56-31-18-32-62-61-30-15-17-34-67(61)71-68(56)62)53-40-42-60-59-29-14-16-33-64(59)69(65(60)45-53,50-22-6-2-7-23-50)51-24-8-3-9-25-51/h1-45H. The number of nitrogens with zero attached hydrogens (tertiary/aromatic N) is 1. The summed E-state index contributed by atoms with van der Waals surface area (Å²) in [6.07, 6.45) is 0. The molecule has 0 saturated heterocycles. The van der Waals surface area contributed by atoms with Crippen molar-refractivity contribution in [2.45, 2.75) is 5.41 Å². The van der Waals surface area contributed by atoms with Crippen LogP contribution in [0.5, 0.6) is 0 Å². The van der Waals surface area contributed by atoms with Crippen molar-refractivity contribution >= 4 is 60.5 Å². The molecule has 0 radical (unpaired) electrons. The molecule has 14 rings (SSSR count). The SMILES string of the molecule is c1ccc(-c2ccc(-c3cc4ccccc4c4ccccc34)cc2N(c2ccc(-c3cccc4c3oc3ccccc34)cc2)c2ccc3c(c2)C(c2ccccc2)(c2ccccc2)c2ccccc2-3)cc1. The highest BCUT2D eigenvalue weighted by molar-refractivity contribution is 6.14. The molecule has 0 aliphatic heterocycles.